The van der Waals surface area contributed by atoms with Crippen LogP contribution in [0.4, 0.5) is 0 Å². The van der Waals surface area contributed by atoms with Gasteiger partial charge in [0.05, 0.1) is 10.9 Å². The normalized spacial score (nSPS) is 17.0. The van der Waals surface area contributed by atoms with Crippen molar-refractivity contribution in [2.45, 2.75) is 37.1 Å². The molecule has 1 heterocycles. The topological polar surface area (TPSA) is 71.5 Å². The molecule has 6 heteroatoms. The van der Waals surface area contributed by atoms with Crippen LogP contribution in [-0.2, 0) is 27.7 Å². The van der Waals surface area contributed by atoms with Gasteiger partial charge >= 0.3 is 0 Å². The lowest BCUT2D eigenvalue weighted by Gasteiger charge is -2.42. The van der Waals surface area contributed by atoms with E-state index in [1.165, 1.54) is 4.31 Å². The van der Waals surface area contributed by atoms with Crippen LogP contribution in [0.3, 0.4) is 0 Å². The summed E-state index contributed by atoms with van der Waals surface area (Å²) >= 11 is 0. The molecule has 0 bridgehead atoms. The zero-order chi connectivity index (χ0) is 32.8. The van der Waals surface area contributed by atoms with Crippen LogP contribution in [-0.4, -0.2) is 36.9 Å². The van der Waals surface area contributed by atoms with Crippen LogP contribution in [0.15, 0.2) is 156 Å². The van der Waals surface area contributed by atoms with Crippen molar-refractivity contribution in [3.05, 3.63) is 179 Å². The van der Waals surface area contributed by atoms with Gasteiger partial charge in [-0.1, -0.05) is 139 Å². The number of aryl methyl sites for hydroxylation is 1. The fourth-order valence-corrected chi connectivity index (χ4v) is 8.13. The van der Waals surface area contributed by atoms with Crippen LogP contribution in [0.2, 0.25) is 0 Å². The Balaban J connectivity index is 1.57. The van der Waals surface area contributed by atoms with Crippen LogP contribution in [0.5, 0.6) is 0 Å². The van der Waals surface area contributed by atoms with Crippen LogP contribution in [0.1, 0.15) is 39.0 Å². The van der Waals surface area contributed by atoms with Gasteiger partial charge < -0.3 is 0 Å². The number of carbonyl (C=O) groups is 2. The number of hydrogen-bond acceptors (Lipinski definition) is 4. The van der Waals surface area contributed by atoms with Gasteiger partial charge in [-0.15, -0.1) is 0 Å². The molecule has 0 saturated carbocycles. The van der Waals surface area contributed by atoms with Crippen LogP contribution in [0, 0.1) is 12.8 Å². The summed E-state index contributed by atoms with van der Waals surface area (Å²) in [6.45, 7) is 1.92. The number of sulfonamides is 1. The SMILES string of the molecule is Cc1ccc(S(=O)(=O)N2CC(CC(=O)Cc3ccccc3)C(C(=O)c3ccccc3)=C(c3ccccc3)C2Cc2ccccc2)cc1. The van der Waals surface area contributed by atoms with Crippen LogP contribution < -0.4 is 0 Å². The number of rotatable bonds is 11. The highest BCUT2D eigenvalue weighted by Gasteiger charge is 2.44. The minimum absolute atomic E-state index is 0.00151. The molecule has 0 amide bonds. The molecule has 0 spiro atoms. The van der Waals surface area contributed by atoms with Crippen molar-refractivity contribution < 1.29 is 18.0 Å². The lowest BCUT2D eigenvalue weighted by Crippen LogP contribution is -2.50. The summed E-state index contributed by atoms with van der Waals surface area (Å²) in [5, 5.41) is 0. The van der Waals surface area contributed by atoms with Crippen molar-refractivity contribution in [1.29, 1.82) is 0 Å². The molecule has 1 aliphatic heterocycles. The summed E-state index contributed by atoms with van der Waals surface area (Å²) in [4.78, 5) is 28.6. The van der Waals surface area contributed by atoms with E-state index in [-0.39, 0.29) is 35.8 Å². The molecule has 0 radical (unpaired) electrons. The molecule has 0 fully saturated rings. The maximum Gasteiger partial charge on any atom is 0.243 e. The van der Waals surface area contributed by atoms with Gasteiger partial charge in [0.15, 0.2) is 5.78 Å². The van der Waals surface area contributed by atoms with Gasteiger partial charge in [-0.3, -0.25) is 9.59 Å². The van der Waals surface area contributed by atoms with E-state index in [9.17, 15) is 18.0 Å². The molecule has 47 heavy (non-hydrogen) atoms. The molecule has 0 aliphatic carbocycles. The Morgan fingerprint density at radius 1 is 0.681 bits per heavy atom. The number of benzene rings is 5. The van der Waals surface area contributed by atoms with E-state index in [4.69, 9.17) is 0 Å². The fourth-order valence-electron chi connectivity index (χ4n) is 6.49. The van der Waals surface area contributed by atoms with Gasteiger partial charge in [0.25, 0.3) is 0 Å². The van der Waals surface area contributed by atoms with Gasteiger partial charge in [-0.2, -0.15) is 4.31 Å². The summed E-state index contributed by atoms with van der Waals surface area (Å²) in [5.74, 6) is -0.907. The molecule has 1 aliphatic rings. The first-order valence-electron chi connectivity index (χ1n) is 15.9. The average Bonchev–Trinajstić information content (AvgIpc) is 3.10. The molecule has 236 valence electrons. The minimum Gasteiger partial charge on any atom is -0.299 e. The van der Waals surface area contributed by atoms with Crippen LogP contribution in [0.25, 0.3) is 5.57 Å². The summed E-state index contributed by atoms with van der Waals surface area (Å²) in [6, 6.07) is 44.0. The highest BCUT2D eigenvalue weighted by Crippen LogP contribution is 2.42. The van der Waals surface area contributed by atoms with Gasteiger partial charge in [0.2, 0.25) is 10.0 Å². The second kappa shape index (κ2) is 14.2. The smallest absolute Gasteiger partial charge is 0.243 e. The molecule has 0 saturated heterocycles. The third kappa shape index (κ3) is 7.25. The highest BCUT2D eigenvalue weighted by atomic mass is 32.2. The monoisotopic (exact) mass is 639 g/mol. The second-order valence-electron chi connectivity index (χ2n) is 12.1. The predicted octanol–water partition coefficient (Wildman–Crippen LogP) is 7.77. The van der Waals surface area contributed by atoms with Crippen molar-refractivity contribution in [2.75, 3.05) is 6.54 Å². The zero-order valence-electron chi connectivity index (χ0n) is 26.3. The zero-order valence-corrected chi connectivity index (χ0v) is 27.1. The summed E-state index contributed by atoms with van der Waals surface area (Å²) in [5.41, 5.74) is 5.18. The molecule has 6 rings (SSSR count). The number of nitrogens with zero attached hydrogens (tertiary/aromatic N) is 1. The fraction of sp³-hybridized carbons (Fsp3) is 0.171. The predicted molar refractivity (Wildman–Crippen MR) is 186 cm³/mol. The lowest BCUT2D eigenvalue weighted by atomic mass is 9.76. The van der Waals surface area contributed by atoms with Crippen molar-refractivity contribution >= 4 is 27.2 Å². The van der Waals surface area contributed by atoms with Gasteiger partial charge in [0.1, 0.15) is 5.78 Å². The Kier molecular flexibility index (Phi) is 9.71. The Morgan fingerprint density at radius 2 is 1.21 bits per heavy atom. The summed E-state index contributed by atoms with van der Waals surface area (Å²) in [7, 11) is -4.05. The molecule has 5 aromatic carbocycles. The van der Waals surface area contributed by atoms with Gasteiger partial charge in [-0.25, -0.2) is 8.42 Å². The van der Waals surface area contributed by atoms with E-state index < -0.39 is 22.0 Å². The lowest BCUT2D eigenvalue weighted by molar-refractivity contribution is -0.119. The third-order valence-electron chi connectivity index (χ3n) is 8.76. The Hall–Kier alpha value is -4.91. The van der Waals surface area contributed by atoms with E-state index in [2.05, 4.69) is 0 Å². The van der Waals surface area contributed by atoms with Crippen LogP contribution >= 0.6 is 0 Å². The van der Waals surface area contributed by atoms with E-state index >= 15 is 0 Å². The first kappa shape index (κ1) is 32.0. The van der Waals surface area contributed by atoms with Crippen molar-refractivity contribution in [2.24, 2.45) is 5.92 Å². The van der Waals surface area contributed by atoms with Crippen molar-refractivity contribution in [3.63, 3.8) is 0 Å². The molecule has 0 N–H and O–H groups in total. The molecule has 5 nitrogen and oxygen atoms in total. The second-order valence-corrected chi connectivity index (χ2v) is 14.0. The van der Waals surface area contributed by atoms with E-state index in [1.54, 1.807) is 36.4 Å². The molecular formula is C41H37NO4S. The Bertz CT molecular complexity index is 1970. The highest BCUT2D eigenvalue weighted by molar-refractivity contribution is 7.89. The number of ketones is 2. The molecule has 5 aromatic rings. The quantitative estimate of drug-likeness (QED) is 0.139. The molecular weight excluding hydrogens is 603 g/mol. The third-order valence-corrected chi connectivity index (χ3v) is 10.7. The van der Waals surface area contributed by atoms with Crippen molar-refractivity contribution in [3.8, 4) is 0 Å². The van der Waals surface area contributed by atoms with E-state index in [0.29, 0.717) is 23.1 Å². The van der Waals surface area contributed by atoms with E-state index in [1.807, 2.05) is 116 Å². The first-order chi connectivity index (χ1) is 22.8. The largest absolute Gasteiger partial charge is 0.299 e. The maximum atomic E-state index is 14.7. The first-order valence-corrected chi connectivity index (χ1v) is 17.3. The average molecular weight is 640 g/mol. The number of carbonyl (C=O) groups excluding carboxylic acids is 2. The number of hydrogen-bond donors (Lipinski definition) is 0. The van der Waals surface area contributed by atoms with E-state index in [0.717, 1.165) is 22.3 Å². The Labute approximate surface area is 277 Å². The standard InChI is InChI=1S/C41H37NO4S/c1-30-22-24-37(25-23-30)47(45,46)42-29-35(28-36(43)26-31-14-6-2-7-15-31)40(41(44)34-20-12-5-13-21-34)39(33-18-10-4-11-19-33)38(42)27-32-16-8-3-9-17-32/h2-25,35,38H,26-29H2,1H3. The Morgan fingerprint density at radius 3 is 1.81 bits per heavy atom. The van der Waals surface area contributed by atoms with Gasteiger partial charge in [0, 0.05) is 36.4 Å². The summed E-state index contributed by atoms with van der Waals surface area (Å²) < 4.78 is 30.9. The molecule has 0 aromatic heterocycles. The minimum atomic E-state index is -4.05. The molecule has 2 atom stereocenters. The van der Waals surface area contributed by atoms with Crippen molar-refractivity contribution in [1.82, 2.24) is 4.31 Å². The molecule has 2 unspecified atom stereocenters. The number of Topliss-reactive ketones (excluding diaryl/α,β-unsaturated/α-hetero) is 2. The maximum absolute atomic E-state index is 14.7. The van der Waals surface area contributed by atoms with Gasteiger partial charge in [-0.05, 0) is 47.7 Å². The summed E-state index contributed by atoms with van der Waals surface area (Å²) in [6.07, 6.45) is 0.576.